The van der Waals surface area contributed by atoms with Crippen molar-refractivity contribution < 1.29 is 8.78 Å². The molecule has 32 heavy (non-hydrogen) atoms. The third kappa shape index (κ3) is 4.43. The van der Waals surface area contributed by atoms with E-state index in [1.807, 2.05) is 38.1 Å². The van der Waals surface area contributed by atoms with Gasteiger partial charge in [-0.15, -0.1) is 6.58 Å². The molecular formula is C30H26F2. The van der Waals surface area contributed by atoms with E-state index < -0.39 is 0 Å². The molecule has 0 N–H and O–H groups in total. The highest BCUT2D eigenvalue weighted by Crippen LogP contribution is 2.32. The third-order valence-electron chi connectivity index (χ3n) is 6.15. The van der Waals surface area contributed by atoms with Gasteiger partial charge in [-0.3, -0.25) is 0 Å². The van der Waals surface area contributed by atoms with Gasteiger partial charge in [0.2, 0.25) is 0 Å². The second-order valence-electron chi connectivity index (χ2n) is 8.52. The van der Waals surface area contributed by atoms with Gasteiger partial charge in [0, 0.05) is 5.56 Å². The summed E-state index contributed by atoms with van der Waals surface area (Å²) in [6.45, 7) is 9.25. The summed E-state index contributed by atoms with van der Waals surface area (Å²) in [5.41, 5.74) is 8.88. The molecule has 160 valence electrons. The monoisotopic (exact) mass is 424 g/mol. The number of benzene rings is 3. The quantitative estimate of drug-likeness (QED) is 0.295. The van der Waals surface area contributed by atoms with Gasteiger partial charge < -0.3 is 0 Å². The first-order chi connectivity index (χ1) is 15.4. The molecule has 0 nitrogen and oxygen atoms in total. The van der Waals surface area contributed by atoms with Gasteiger partial charge in [0.1, 0.15) is 11.6 Å². The number of halogens is 2. The van der Waals surface area contributed by atoms with Crippen molar-refractivity contribution in [1.29, 1.82) is 0 Å². The lowest BCUT2D eigenvalue weighted by Gasteiger charge is -2.09. The molecule has 0 aromatic heterocycles. The van der Waals surface area contributed by atoms with Crippen molar-refractivity contribution >= 4 is 6.08 Å². The highest BCUT2D eigenvalue weighted by molar-refractivity contribution is 5.73. The lowest BCUT2D eigenvalue weighted by atomic mass is 9.96. The minimum absolute atomic E-state index is 0.291. The maximum absolute atomic E-state index is 15.0. The topological polar surface area (TPSA) is 0 Å². The molecule has 0 spiro atoms. The van der Waals surface area contributed by atoms with Crippen LogP contribution in [0.2, 0.25) is 0 Å². The van der Waals surface area contributed by atoms with Gasteiger partial charge in [0.15, 0.2) is 0 Å². The van der Waals surface area contributed by atoms with E-state index in [0.29, 0.717) is 16.7 Å². The summed E-state index contributed by atoms with van der Waals surface area (Å²) < 4.78 is 29.0. The largest absolute Gasteiger partial charge is 0.207 e. The molecular weight excluding hydrogens is 398 g/mol. The van der Waals surface area contributed by atoms with E-state index >= 15 is 4.39 Å². The predicted octanol–water partition coefficient (Wildman–Crippen LogP) is 7.86. The van der Waals surface area contributed by atoms with Gasteiger partial charge >= 0.3 is 0 Å². The van der Waals surface area contributed by atoms with Gasteiger partial charge in [-0.2, -0.15) is 0 Å². The van der Waals surface area contributed by atoms with E-state index in [1.54, 1.807) is 13.0 Å². The summed E-state index contributed by atoms with van der Waals surface area (Å²) in [7, 11) is 0. The molecule has 4 rings (SSSR count). The van der Waals surface area contributed by atoms with Crippen LogP contribution in [0.4, 0.5) is 8.78 Å². The van der Waals surface area contributed by atoms with Crippen molar-refractivity contribution in [2.45, 2.75) is 40.0 Å². The zero-order valence-corrected chi connectivity index (χ0v) is 18.8. The molecule has 3 aromatic rings. The highest BCUT2D eigenvalue weighted by Gasteiger charge is 2.14. The van der Waals surface area contributed by atoms with Crippen molar-refractivity contribution in [1.82, 2.24) is 0 Å². The Morgan fingerprint density at radius 1 is 0.906 bits per heavy atom. The molecule has 3 aromatic carbocycles. The van der Waals surface area contributed by atoms with Crippen LogP contribution in [-0.2, 0) is 6.42 Å². The van der Waals surface area contributed by atoms with Crippen molar-refractivity contribution in [2.75, 3.05) is 0 Å². The fraction of sp³-hybridized carbons (Fsp3) is 0.200. The van der Waals surface area contributed by atoms with Crippen LogP contribution in [0.5, 0.6) is 0 Å². The van der Waals surface area contributed by atoms with E-state index in [2.05, 4.69) is 36.6 Å². The first-order valence-electron chi connectivity index (χ1n) is 10.9. The zero-order chi connectivity index (χ0) is 22.8. The normalized spacial score (nSPS) is 12.1. The summed E-state index contributed by atoms with van der Waals surface area (Å²) >= 11 is 0. The van der Waals surface area contributed by atoms with Crippen molar-refractivity contribution in [3.8, 4) is 23.0 Å². The smallest absolute Gasteiger partial charge is 0.139 e. The first kappa shape index (κ1) is 21.8. The minimum atomic E-state index is -0.359. The molecule has 0 heterocycles. The van der Waals surface area contributed by atoms with Crippen molar-refractivity contribution in [2.24, 2.45) is 0 Å². The maximum atomic E-state index is 15.0. The fourth-order valence-electron chi connectivity index (χ4n) is 4.14. The number of rotatable bonds is 4. The molecule has 1 aliphatic carbocycles. The molecule has 0 amide bonds. The molecule has 0 saturated carbocycles. The Morgan fingerprint density at radius 3 is 2.44 bits per heavy atom. The number of fused-ring (bicyclic) bond motifs is 1. The molecule has 1 aliphatic rings. The summed E-state index contributed by atoms with van der Waals surface area (Å²) in [6.07, 6.45) is 7.15. The second-order valence-corrected chi connectivity index (χ2v) is 8.52. The number of allylic oxidation sites excluding steroid dienone is 2. The van der Waals surface area contributed by atoms with Crippen LogP contribution < -0.4 is 0 Å². The van der Waals surface area contributed by atoms with Crippen LogP contribution in [0.3, 0.4) is 0 Å². The van der Waals surface area contributed by atoms with Gasteiger partial charge in [0.25, 0.3) is 0 Å². The minimum Gasteiger partial charge on any atom is -0.207 e. The molecule has 0 aliphatic heterocycles. The molecule has 0 atom stereocenters. The van der Waals surface area contributed by atoms with E-state index in [1.165, 1.54) is 22.8 Å². The Morgan fingerprint density at radius 2 is 1.72 bits per heavy atom. The van der Waals surface area contributed by atoms with Crippen LogP contribution in [0.15, 0.2) is 60.7 Å². The van der Waals surface area contributed by atoms with Crippen molar-refractivity contribution in [3.05, 3.63) is 111 Å². The lowest BCUT2D eigenvalue weighted by molar-refractivity contribution is 0.616. The maximum Gasteiger partial charge on any atom is 0.139 e. The first-order valence-corrected chi connectivity index (χ1v) is 10.9. The Labute approximate surface area is 189 Å². The zero-order valence-electron chi connectivity index (χ0n) is 18.8. The molecule has 0 radical (unpaired) electrons. The van der Waals surface area contributed by atoms with E-state index in [0.717, 1.165) is 41.5 Å². The number of hydrogen-bond acceptors (Lipinski definition) is 0. The predicted molar refractivity (Wildman–Crippen MR) is 130 cm³/mol. The fourth-order valence-corrected chi connectivity index (χ4v) is 4.14. The summed E-state index contributed by atoms with van der Waals surface area (Å²) in [5, 5.41) is 0. The Hall–Kier alpha value is -3.44. The Balaban J connectivity index is 1.61. The van der Waals surface area contributed by atoms with Gasteiger partial charge in [-0.1, -0.05) is 47.8 Å². The van der Waals surface area contributed by atoms with Crippen molar-refractivity contribution in [3.63, 3.8) is 0 Å². The molecule has 0 saturated heterocycles. The molecule has 0 unspecified atom stereocenters. The van der Waals surface area contributed by atoms with Crippen LogP contribution >= 0.6 is 0 Å². The standard InChI is InChI=1S/C30H26F2/c1-5-6-7-22-14-24-9-10-25(17-27(24)15-22)26-13-20(3)28(30(32)18-26)11-8-23-12-19(2)21(4)29(31)16-23/h5,9-10,12-14,16-18H,1,6-7,15H2,2-4H3. The average Bonchev–Trinajstić information content (AvgIpc) is 3.17. The Kier molecular flexibility index (Phi) is 6.10. The average molecular weight is 425 g/mol. The molecule has 0 bridgehead atoms. The van der Waals surface area contributed by atoms with E-state index in [-0.39, 0.29) is 11.6 Å². The van der Waals surface area contributed by atoms with Crippen LogP contribution in [0, 0.1) is 44.2 Å². The SMILES string of the molecule is C=CCCC1=Cc2ccc(-c3cc(C)c(C#Cc4cc(C)c(C)c(F)c4)c(F)c3)cc2C1. The Bertz CT molecular complexity index is 1270. The van der Waals surface area contributed by atoms with Gasteiger partial charge in [-0.05, 0) is 103 Å². The summed E-state index contributed by atoms with van der Waals surface area (Å²) in [5.74, 6) is 5.18. The van der Waals surface area contributed by atoms with Gasteiger partial charge in [0.05, 0.1) is 5.56 Å². The summed E-state index contributed by atoms with van der Waals surface area (Å²) in [6, 6.07) is 13.1. The van der Waals surface area contributed by atoms with Crippen LogP contribution in [0.25, 0.3) is 17.2 Å². The summed E-state index contributed by atoms with van der Waals surface area (Å²) in [4.78, 5) is 0. The molecule has 0 fully saturated rings. The third-order valence-corrected chi connectivity index (χ3v) is 6.15. The molecule has 2 heteroatoms. The van der Waals surface area contributed by atoms with Crippen LogP contribution in [0.1, 0.15) is 51.8 Å². The van der Waals surface area contributed by atoms with E-state index in [9.17, 15) is 4.39 Å². The van der Waals surface area contributed by atoms with Gasteiger partial charge in [-0.25, -0.2) is 8.78 Å². The number of hydrogen-bond donors (Lipinski definition) is 0. The van der Waals surface area contributed by atoms with Crippen LogP contribution in [-0.4, -0.2) is 0 Å². The highest BCUT2D eigenvalue weighted by atomic mass is 19.1. The second kappa shape index (κ2) is 8.97. The number of aryl methyl sites for hydroxylation is 2. The van der Waals surface area contributed by atoms with E-state index in [4.69, 9.17) is 0 Å². The lowest BCUT2D eigenvalue weighted by Crippen LogP contribution is -1.93.